The van der Waals surface area contributed by atoms with E-state index in [2.05, 4.69) is 144 Å². The molecule has 63 heavy (non-hydrogen) atoms. The molecule has 9 aromatic carbocycles. The van der Waals surface area contributed by atoms with Crippen molar-refractivity contribution in [2.45, 2.75) is 5.92 Å². The van der Waals surface area contributed by atoms with Crippen LogP contribution in [0, 0.1) is 0 Å². The maximum absolute atomic E-state index is 6.91. The van der Waals surface area contributed by atoms with Crippen molar-refractivity contribution in [1.82, 2.24) is 19.5 Å². The van der Waals surface area contributed by atoms with Crippen molar-refractivity contribution < 1.29 is 4.42 Å². The predicted molar refractivity (Wildman–Crippen MR) is 256 cm³/mol. The molecule has 0 bridgehead atoms. The first-order valence-electron chi connectivity index (χ1n) is 21.4. The average molecular weight is 805 g/mol. The van der Waals surface area contributed by atoms with Crippen LogP contribution in [0.3, 0.4) is 0 Å². The third kappa shape index (κ3) is 5.60. The maximum Gasteiger partial charge on any atom is 0.164 e. The smallest absolute Gasteiger partial charge is 0.164 e. The second-order valence-electron chi connectivity index (χ2n) is 16.3. The summed E-state index contributed by atoms with van der Waals surface area (Å²) in [5.41, 5.74) is 16.6. The summed E-state index contributed by atoms with van der Waals surface area (Å²) in [4.78, 5) is 15.2. The van der Waals surface area contributed by atoms with Gasteiger partial charge in [0.1, 0.15) is 5.58 Å². The van der Waals surface area contributed by atoms with Gasteiger partial charge in [0, 0.05) is 44.2 Å². The van der Waals surface area contributed by atoms with E-state index < -0.39 is 0 Å². The lowest BCUT2D eigenvalue weighted by molar-refractivity contribution is 0.666. The highest BCUT2D eigenvalue weighted by molar-refractivity contribution is 6.16. The topological polar surface area (TPSA) is 56.7 Å². The Bertz CT molecular complexity index is 3680. The highest BCUT2D eigenvalue weighted by Gasteiger charge is 2.30. The number of nitrogens with zero attached hydrogens (tertiary/aromatic N) is 4. The molecule has 0 saturated heterocycles. The Hall–Kier alpha value is -8.41. The molecule has 0 N–H and O–H groups in total. The van der Waals surface area contributed by atoms with Crippen molar-refractivity contribution in [3.8, 4) is 62.1 Å². The van der Waals surface area contributed by atoms with E-state index in [-0.39, 0.29) is 5.92 Å². The van der Waals surface area contributed by atoms with Crippen LogP contribution in [0.1, 0.15) is 22.6 Å². The van der Waals surface area contributed by atoms with E-state index in [0.29, 0.717) is 17.5 Å². The number of fused-ring (bicyclic) bond motifs is 9. The maximum atomic E-state index is 6.91. The summed E-state index contributed by atoms with van der Waals surface area (Å²) in [5, 5.41) is 4.34. The average Bonchev–Trinajstić information content (AvgIpc) is 4.02. The molecule has 3 heterocycles. The molecule has 5 heteroatoms. The van der Waals surface area contributed by atoms with Gasteiger partial charge >= 0.3 is 0 Å². The first-order chi connectivity index (χ1) is 31.2. The Morgan fingerprint density at radius 1 is 0.381 bits per heavy atom. The molecule has 0 radical (unpaired) electrons. The second-order valence-corrected chi connectivity index (χ2v) is 16.3. The minimum absolute atomic E-state index is 0.222. The summed E-state index contributed by atoms with van der Waals surface area (Å²) >= 11 is 0. The molecule has 5 nitrogen and oxygen atoms in total. The molecule has 1 atom stereocenters. The van der Waals surface area contributed by atoms with E-state index in [1.54, 1.807) is 0 Å². The van der Waals surface area contributed by atoms with Gasteiger partial charge in [-0.05, 0) is 75.3 Å². The third-order valence-corrected chi connectivity index (χ3v) is 12.7. The largest absolute Gasteiger partial charge is 0.454 e. The zero-order valence-corrected chi connectivity index (χ0v) is 34.0. The molecule has 0 aliphatic heterocycles. The normalized spacial score (nSPS) is 13.2. The van der Waals surface area contributed by atoms with Gasteiger partial charge in [-0.3, -0.25) is 0 Å². The van der Waals surface area contributed by atoms with E-state index in [1.807, 2.05) is 72.8 Å². The summed E-state index contributed by atoms with van der Waals surface area (Å²) < 4.78 is 9.26. The third-order valence-electron chi connectivity index (χ3n) is 12.7. The molecule has 12 aromatic rings. The number of para-hydroxylation sites is 2. The van der Waals surface area contributed by atoms with Crippen LogP contribution in [-0.4, -0.2) is 19.5 Å². The predicted octanol–water partition coefficient (Wildman–Crippen LogP) is 14.7. The molecule has 0 amide bonds. The van der Waals surface area contributed by atoms with E-state index in [1.165, 1.54) is 49.7 Å². The fourth-order valence-electron chi connectivity index (χ4n) is 9.92. The van der Waals surface area contributed by atoms with Crippen molar-refractivity contribution in [1.29, 1.82) is 0 Å². The van der Waals surface area contributed by atoms with E-state index in [0.717, 1.165) is 55.3 Å². The quantitative estimate of drug-likeness (QED) is 0.168. The van der Waals surface area contributed by atoms with Crippen molar-refractivity contribution >= 4 is 43.7 Å². The standard InChI is InChI=1S/C58H36N4O/c1-4-16-36(17-5-1)53-43-24-11-10-22-41(43)47-34-39(30-32-44(47)53)40-31-33-50-48(35-40)42-23-12-13-27-49(42)62(50)51-28-14-25-45-54-46(26-15-29-52(54)63-55(45)51)58-60-56(37-18-6-2-7-19-37)59-57(61-58)38-20-8-3-9-21-38/h1-35,53H. The summed E-state index contributed by atoms with van der Waals surface area (Å²) in [6.07, 6.45) is 0. The van der Waals surface area contributed by atoms with Crippen LogP contribution >= 0.6 is 0 Å². The minimum Gasteiger partial charge on any atom is -0.454 e. The zero-order chi connectivity index (χ0) is 41.4. The molecule has 0 saturated carbocycles. The molecule has 13 rings (SSSR count). The lowest BCUT2D eigenvalue weighted by Gasteiger charge is -2.14. The van der Waals surface area contributed by atoms with Crippen molar-refractivity contribution in [2.75, 3.05) is 0 Å². The van der Waals surface area contributed by atoms with Crippen molar-refractivity contribution in [3.63, 3.8) is 0 Å². The SMILES string of the molecule is c1ccc(-c2nc(-c3ccccc3)nc(-c3cccc4oc5c(-n6c7ccccc7c7cc(-c8ccc9c(c8)-c8ccccc8C9c8ccccc8)ccc76)cccc5c34)n2)cc1. The summed E-state index contributed by atoms with van der Waals surface area (Å²) in [6, 6.07) is 75.1. The number of hydrogen-bond donors (Lipinski definition) is 0. The number of furan rings is 1. The lowest BCUT2D eigenvalue weighted by atomic mass is 9.89. The second kappa shape index (κ2) is 14.1. The van der Waals surface area contributed by atoms with E-state index >= 15 is 0 Å². The number of benzene rings is 9. The molecule has 1 aliphatic rings. The molecule has 3 aromatic heterocycles. The molecule has 1 unspecified atom stereocenters. The fraction of sp³-hybridized carbons (Fsp3) is 0.0172. The van der Waals surface area contributed by atoms with E-state index in [4.69, 9.17) is 19.4 Å². The fourth-order valence-corrected chi connectivity index (χ4v) is 9.92. The van der Waals surface area contributed by atoms with Crippen LogP contribution in [0.4, 0.5) is 0 Å². The number of hydrogen-bond acceptors (Lipinski definition) is 4. The molecule has 1 aliphatic carbocycles. The first kappa shape index (κ1) is 35.4. The zero-order valence-electron chi connectivity index (χ0n) is 34.0. The molecular formula is C58H36N4O. The molecular weight excluding hydrogens is 769 g/mol. The van der Waals surface area contributed by atoms with Gasteiger partial charge in [0.05, 0.1) is 16.7 Å². The Balaban J connectivity index is 0.966. The van der Waals surface area contributed by atoms with Crippen LogP contribution in [0.5, 0.6) is 0 Å². The van der Waals surface area contributed by atoms with Gasteiger partial charge in [-0.1, -0.05) is 176 Å². The van der Waals surface area contributed by atoms with Gasteiger partial charge in [0.25, 0.3) is 0 Å². The van der Waals surface area contributed by atoms with Crippen LogP contribution in [0.15, 0.2) is 217 Å². The van der Waals surface area contributed by atoms with Gasteiger partial charge in [-0.2, -0.15) is 0 Å². The highest BCUT2D eigenvalue weighted by Crippen LogP contribution is 2.49. The first-order valence-corrected chi connectivity index (χ1v) is 21.4. The van der Waals surface area contributed by atoms with Crippen LogP contribution in [0.2, 0.25) is 0 Å². The van der Waals surface area contributed by atoms with Gasteiger partial charge in [0.15, 0.2) is 23.1 Å². The molecule has 0 spiro atoms. The Labute approximate surface area is 363 Å². The lowest BCUT2D eigenvalue weighted by Crippen LogP contribution is -2.00. The van der Waals surface area contributed by atoms with Gasteiger partial charge < -0.3 is 8.98 Å². The van der Waals surface area contributed by atoms with Gasteiger partial charge in [0.2, 0.25) is 0 Å². The Morgan fingerprint density at radius 3 is 1.76 bits per heavy atom. The molecule has 0 fully saturated rings. The van der Waals surface area contributed by atoms with Crippen LogP contribution < -0.4 is 0 Å². The Kier molecular flexibility index (Phi) is 7.90. The van der Waals surface area contributed by atoms with Gasteiger partial charge in [-0.25, -0.2) is 15.0 Å². The van der Waals surface area contributed by atoms with E-state index in [9.17, 15) is 0 Å². The minimum atomic E-state index is 0.222. The Morgan fingerprint density at radius 2 is 0.968 bits per heavy atom. The summed E-state index contributed by atoms with van der Waals surface area (Å²) in [7, 11) is 0. The number of rotatable bonds is 6. The van der Waals surface area contributed by atoms with Crippen LogP contribution in [0.25, 0.3) is 106 Å². The molecule has 294 valence electrons. The summed E-state index contributed by atoms with van der Waals surface area (Å²) in [6.45, 7) is 0. The van der Waals surface area contributed by atoms with Crippen LogP contribution in [-0.2, 0) is 0 Å². The summed E-state index contributed by atoms with van der Waals surface area (Å²) in [5.74, 6) is 2.06. The monoisotopic (exact) mass is 804 g/mol. The van der Waals surface area contributed by atoms with Gasteiger partial charge in [-0.15, -0.1) is 0 Å². The van der Waals surface area contributed by atoms with Crippen molar-refractivity contribution in [3.05, 3.63) is 229 Å². The number of aromatic nitrogens is 4. The highest BCUT2D eigenvalue weighted by atomic mass is 16.3. The van der Waals surface area contributed by atoms with Crippen molar-refractivity contribution in [2.24, 2.45) is 0 Å².